The standard InChI is InChI=1S/C29H38O8/c1-6-15-9-24(37-25(34)14(15)2)28(5,35)22-7-8-29(36)17-10-19(30)18-11-20(31)21(32)13-26(18,3)16(17)12-23(33)27(22,29)4/h10,16,18,21-22,24,32,35-36H,6-9,11-13H2,1-5H3/t16?,18?,21-,22-,24?,26+,27-,28?,29+/m0/s1. The van der Waals surface area contributed by atoms with E-state index in [4.69, 9.17) is 4.74 Å². The van der Waals surface area contributed by atoms with Crippen molar-refractivity contribution >= 4 is 23.3 Å². The van der Waals surface area contributed by atoms with Crippen molar-refractivity contribution in [2.24, 2.45) is 28.6 Å². The molecule has 0 radical (unpaired) electrons. The Hall–Kier alpha value is -2.16. The van der Waals surface area contributed by atoms with Crippen molar-refractivity contribution in [3.63, 3.8) is 0 Å². The monoisotopic (exact) mass is 514 g/mol. The van der Waals surface area contributed by atoms with Gasteiger partial charge in [0.05, 0.1) is 11.0 Å². The van der Waals surface area contributed by atoms with Gasteiger partial charge >= 0.3 is 5.97 Å². The van der Waals surface area contributed by atoms with E-state index in [1.54, 1.807) is 20.8 Å². The Kier molecular flexibility index (Phi) is 5.84. The van der Waals surface area contributed by atoms with Crippen LogP contribution in [0.3, 0.4) is 0 Å². The van der Waals surface area contributed by atoms with Gasteiger partial charge in [-0.05, 0) is 69.4 Å². The van der Waals surface area contributed by atoms with Crippen molar-refractivity contribution in [1.29, 1.82) is 0 Å². The van der Waals surface area contributed by atoms with Gasteiger partial charge in [-0.25, -0.2) is 4.79 Å². The van der Waals surface area contributed by atoms with Crippen molar-refractivity contribution in [2.45, 2.75) is 103 Å². The molecule has 1 aliphatic heterocycles. The maximum atomic E-state index is 14.0. The normalized spacial score (nSPS) is 45.5. The second kappa shape index (κ2) is 8.17. The molecule has 3 N–H and O–H groups in total. The van der Waals surface area contributed by atoms with Crippen LogP contribution in [0.25, 0.3) is 0 Å². The number of esters is 1. The van der Waals surface area contributed by atoms with Crippen LogP contribution in [-0.2, 0) is 23.9 Å². The number of allylic oxidation sites excluding steroid dienone is 1. The number of Topliss-reactive ketones (excluding diaryl/α,β-unsaturated/α-hetero) is 2. The van der Waals surface area contributed by atoms with Gasteiger partial charge in [-0.2, -0.15) is 0 Å². The van der Waals surface area contributed by atoms with Crippen LogP contribution >= 0.6 is 0 Å². The third-order valence-electron chi connectivity index (χ3n) is 11.1. The summed E-state index contributed by atoms with van der Waals surface area (Å²) in [5, 5.41) is 34.6. The number of carbonyl (C=O) groups excluding carboxylic acids is 4. The molecule has 5 rings (SSSR count). The molecule has 37 heavy (non-hydrogen) atoms. The van der Waals surface area contributed by atoms with Gasteiger partial charge in [0.2, 0.25) is 0 Å². The van der Waals surface area contributed by atoms with E-state index in [1.165, 1.54) is 6.08 Å². The zero-order valence-electron chi connectivity index (χ0n) is 22.3. The molecule has 0 saturated heterocycles. The van der Waals surface area contributed by atoms with Crippen molar-refractivity contribution in [1.82, 2.24) is 0 Å². The minimum Gasteiger partial charge on any atom is -0.456 e. The first-order chi connectivity index (χ1) is 17.1. The largest absolute Gasteiger partial charge is 0.456 e. The summed E-state index contributed by atoms with van der Waals surface area (Å²) >= 11 is 0. The molecule has 0 aromatic carbocycles. The molecule has 0 spiro atoms. The summed E-state index contributed by atoms with van der Waals surface area (Å²) in [4.78, 5) is 52.2. The third kappa shape index (κ3) is 3.31. The van der Waals surface area contributed by atoms with Gasteiger partial charge in [-0.3, -0.25) is 14.4 Å². The van der Waals surface area contributed by atoms with E-state index >= 15 is 0 Å². The lowest BCUT2D eigenvalue weighted by molar-refractivity contribution is -0.191. The number of aliphatic hydroxyl groups excluding tert-OH is 1. The van der Waals surface area contributed by atoms with Gasteiger partial charge in [0.25, 0.3) is 0 Å². The molecule has 5 aliphatic rings. The van der Waals surface area contributed by atoms with Gasteiger partial charge in [-0.15, -0.1) is 0 Å². The van der Waals surface area contributed by atoms with E-state index in [0.717, 1.165) is 5.57 Å². The summed E-state index contributed by atoms with van der Waals surface area (Å²) in [5.41, 5.74) is -3.59. The van der Waals surface area contributed by atoms with Crippen molar-refractivity contribution in [2.75, 3.05) is 0 Å². The van der Waals surface area contributed by atoms with Crippen molar-refractivity contribution < 1.29 is 39.2 Å². The molecule has 0 bridgehead atoms. The lowest BCUT2D eigenvalue weighted by Crippen LogP contribution is -2.66. The Labute approximate surface area is 217 Å². The van der Waals surface area contributed by atoms with Gasteiger partial charge in [0.15, 0.2) is 11.6 Å². The van der Waals surface area contributed by atoms with Crippen LogP contribution in [0.4, 0.5) is 0 Å². The number of ketones is 3. The summed E-state index contributed by atoms with van der Waals surface area (Å²) in [6.45, 7) is 8.75. The molecule has 9 atom stereocenters. The highest BCUT2D eigenvalue weighted by molar-refractivity contribution is 6.01. The molecule has 1 heterocycles. The van der Waals surface area contributed by atoms with E-state index < -0.39 is 58.0 Å². The fourth-order valence-corrected chi connectivity index (χ4v) is 8.59. The second-order valence-corrected chi connectivity index (χ2v) is 12.7. The first-order valence-electron chi connectivity index (χ1n) is 13.5. The van der Waals surface area contributed by atoms with Gasteiger partial charge in [0.1, 0.15) is 23.6 Å². The van der Waals surface area contributed by atoms with Crippen LogP contribution in [0.15, 0.2) is 22.8 Å². The number of rotatable bonds is 3. The number of ether oxygens (including phenoxy) is 1. The Morgan fingerprint density at radius 2 is 1.78 bits per heavy atom. The van der Waals surface area contributed by atoms with Crippen LogP contribution in [0, 0.1) is 28.6 Å². The Bertz CT molecular complexity index is 1160. The van der Waals surface area contributed by atoms with Crippen LogP contribution in [0.1, 0.15) is 79.6 Å². The molecule has 3 saturated carbocycles. The van der Waals surface area contributed by atoms with Crippen LogP contribution in [0.5, 0.6) is 0 Å². The molecule has 8 nitrogen and oxygen atoms in total. The van der Waals surface area contributed by atoms with Gasteiger partial charge in [0, 0.05) is 36.7 Å². The van der Waals surface area contributed by atoms with Crippen LogP contribution in [-0.4, -0.2) is 62.0 Å². The van der Waals surface area contributed by atoms with E-state index in [2.05, 4.69) is 0 Å². The summed E-state index contributed by atoms with van der Waals surface area (Å²) in [6.07, 6.45) is 0.887. The molecular formula is C29H38O8. The fraction of sp³-hybridized carbons (Fsp3) is 0.724. The Balaban J connectivity index is 1.55. The van der Waals surface area contributed by atoms with E-state index in [1.807, 2.05) is 13.8 Å². The van der Waals surface area contributed by atoms with Crippen molar-refractivity contribution in [3.05, 3.63) is 22.8 Å². The molecule has 3 fully saturated rings. The topological polar surface area (TPSA) is 138 Å². The smallest absolute Gasteiger partial charge is 0.334 e. The predicted octanol–water partition coefficient (Wildman–Crippen LogP) is 2.37. The zero-order valence-corrected chi connectivity index (χ0v) is 22.3. The Morgan fingerprint density at radius 3 is 2.43 bits per heavy atom. The molecule has 4 aliphatic carbocycles. The molecule has 0 aromatic rings. The second-order valence-electron chi connectivity index (χ2n) is 12.7. The molecule has 202 valence electrons. The van der Waals surface area contributed by atoms with Crippen LogP contribution < -0.4 is 0 Å². The van der Waals surface area contributed by atoms with Crippen molar-refractivity contribution in [3.8, 4) is 0 Å². The predicted molar refractivity (Wildman–Crippen MR) is 132 cm³/mol. The maximum absolute atomic E-state index is 14.0. The van der Waals surface area contributed by atoms with Gasteiger partial charge < -0.3 is 20.1 Å². The minimum absolute atomic E-state index is 0.0437. The molecule has 0 aromatic heterocycles. The quantitative estimate of drug-likeness (QED) is 0.488. The van der Waals surface area contributed by atoms with E-state index in [9.17, 15) is 34.5 Å². The molecule has 8 heteroatoms. The number of carbonyl (C=O) groups is 4. The summed E-state index contributed by atoms with van der Waals surface area (Å²) < 4.78 is 5.66. The first kappa shape index (κ1) is 26.4. The highest BCUT2D eigenvalue weighted by Crippen LogP contribution is 2.67. The highest BCUT2D eigenvalue weighted by Gasteiger charge is 2.72. The minimum atomic E-state index is -1.67. The molecule has 4 unspecified atom stereocenters. The first-order valence-corrected chi connectivity index (χ1v) is 13.5. The lowest BCUT2D eigenvalue weighted by Gasteiger charge is -2.59. The van der Waals surface area contributed by atoms with E-state index in [0.29, 0.717) is 30.4 Å². The summed E-state index contributed by atoms with van der Waals surface area (Å²) in [5.74, 6) is -3.17. The molecular weight excluding hydrogens is 476 g/mol. The number of fused-ring (bicyclic) bond motifs is 5. The number of cyclic esters (lactones) is 1. The Morgan fingerprint density at radius 1 is 1.11 bits per heavy atom. The third-order valence-corrected chi connectivity index (χ3v) is 11.1. The maximum Gasteiger partial charge on any atom is 0.334 e. The highest BCUT2D eigenvalue weighted by atomic mass is 16.6. The zero-order chi connectivity index (χ0) is 27.3. The number of aliphatic hydroxyl groups is 3. The SMILES string of the molecule is CCC1=C(C)C(=O)OC(C(C)(O)[C@H]2CC[C@@]3(O)C4=CC(=O)C5CC(=O)[C@@H](O)C[C@]5(C)C4CC(=O)[C@]23C)C1. The fourth-order valence-electron chi connectivity index (χ4n) is 8.59. The van der Waals surface area contributed by atoms with E-state index in [-0.39, 0.29) is 43.0 Å². The summed E-state index contributed by atoms with van der Waals surface area (Å²) in [7, 11) is 0. The summed E-state index contributed by atoms with van der Waals surface area (Å²) in [6, 6.07) is 0. The number of hydrogen-bond acceptors (Lipinski definition) is 8. The molecule has 0 amide bonds. The average molecular weight is 515 g/mol. The van der Waals surface area contributed by atoms with Gasteiger partial charge in [-0.1, -0.05) is 19.4 Å². The number of hydrogen-bond donors (Lipinski definition) is 3. The van der Waals surface area contributed by atoms with Crippen LogP contribution in [0.2, 0.25) is 0 Å². The average Bonchev–Trinajstić information content (AvgIpc) is 3.12. The lowest BCUT2D eigenvalue weighted by atomic mass is 9.45.